The Labute approximate surface area is 86.8 Å². The van der Waals surface area contributed by atoms with Crippen LogP contribution in [-0.2, 0) is 4.74 Å². The van der Waals surface area contributed by atoms with Gasteiger partial charge >= 0.3 is 0 Å². The van der Waals surface area contributed by atoms with E-state index in [1.165, 1.54) is 25.7 Å². The maximum atomic E-state index is 5.39. The highest BCUT2D eigenvalue weighted by Crippen LogP contribution is 2.23. The highest BCUT2D eigenvalue weighted by Gasteiger charge is 2.26. The molecule has 0 aromatic carbocycles. The van der Waals surface area contributed by atoms with E-state index in [0.29, 0.717) is 0 Å². The first-order valence-corrected chi connectivity index (χ1v) is 5.89. The van der Waals surface area contributed by atoms with Crippen molar-refractivity contribution in [2.75, 3.05) is 33.4 Å². The van der Waals surface area contributed by atoms with E-state index < -0.39 is 0 Å². The minimum atomic E-state index is 0.747. The number of nitrogens with zero attached hydrogens (tertiary/aromatic N) is 1. The van der Waals surface area contributed by atoms with Crippen molar-refractivity contribution in [1.82, 2.24) is 10.2 Å². The number of nitrogens with one attached hydrogen (secondary N) is 1. The van der Waals surface area contributed by atoms with E-state index in [1.54, 1.807) is 0 Å². The van der Waals surface area contributed by atoms with Gasteiger partial charge in [-0.3, -0.25) is 4.90 Å². The highest BCUT2D eigenvalue weighted by atomic mass is 16.5. The zero-order chi connectivity index (χ0) is 9.80. The molecular weight excluding hydrogens is 176 g/mol. The maximum Gasteiger partial charge on any atom is 0.0594 e. The van der Waals surface area contributed by atoms with Gasteiger partial charge in [-0.25, -0.2) is 0 Å². The Kier molecular flexibility index (Phi) is 3.79. The van der Waals surface area contributed by atoms with Crippen LogP contribution in [0.3, 0.4) is 0 Å². The van der Waals surface area contributed by atoms with Gasteiger partial charge in [-0.2, -0.15) is 0 Å². The first-order chi connectivity index (χ1) is 6.90. The first kappa shape index (κ1) is 10.4. The van der Waals surface area contributed by atoms with Crippen molar-refractivity contribution in [3.63, 3.8) is 0 Å². The lowest BCUT2D eigenvalue weighted by Crippen LogP contribution is -2.48. The summed E-state index contributed by atoms with van der Waals surface area (Å²) in [7, 11) is 2.09. The van der Waals surface area contributed by atoms with Crippen LogP contribution < -0.4 is 5.32 Å². The van der Waals surface area contributed by atoms with Crippen LogP contribution in [0.5, 0.6) is 0 Å². The molecule has 2 atom stereocenters. The van der Waals surface area contributed by atoms with Crippen molar-refractivity contribution in [1.29, 1.82) is 0 Å². The van der Waals surface area contributed by atoms with Crippen molar-refractivity contribution in [3.05, 3.63) is 0 Å². The summed E-state index contributed by atoms with van der Waals surface area (Å²) in [6.07, 6.45) is 5.46. The van der Waals surface area contributed by atoms with Crippen molar-refractivity contribution >= 4 is 0 Å². The normalized spacial score (nSPS) is 35.8. The fraction of sp³-hybridized carbons (Fsp3) is 1.00. The summed E-state index contributed by atoms with van der Waals surface area (Å²) in [6.45, 7) is 4.14. The molecule has 2 rings (SSSR count). The van der Waals surface area contributed by atoms with Crippen LogP contribution in [0.2, 0.25) is 0 Å². The third-order valence-corrected chi connectivity index (χ3v) is 3.62. The molecule has 0 unspecified atom stereocenters. The number of morpholine rings is 1. The molecule has 0 radical (unpaired) electrons. The second kappa shape index (κ2) is 5.10. The van der Waals surface area contributed by atoms with Gasteiger partial charge in [0.1, 0.15) is 0 Å². The van der Waals surface area contributed by atoms with Crippen LogP contribution in [-0.4, -0.2) is 50.3 Å². The first-order valence-electron chi connectivity index (χ1n) is 5.89. The van der Waals surface area contributed by atoms with Gasteiger partial charge in [0.25, 0.3) is 0 Å². The van der Waals surface area contributed by atoms with E-state index in [1.807, 2.05) is 0 Å². The van der Waals surface area contributed by atoms with Crippen LogP contribution >= 0.6 is 0 Å². The third-order valence-electron chi connectivity index (χ3n) is 3.62. The molecule has 0 aromatic heterocycles. The molecule has 0 bridgehead atoms. The fourth-order valence-electron chi connectivity index (χ4n) is 2.70. The summed E-state index contributed by atoms with van der Waals surface area (Å²) < 4.78 is 5.39. The van der Waals surface area contributed by atoms with Crippen molar-refractivity contribution in [3.8, 4) is 0 Å². The molecule has 2 fully saturated rings. The molecule has 1 heterocycles. The van der Waals surface area contributed by atoms with Gasteiger partial charge in [0.15, 0.2) is 0 Å². The number of rotatable bonds is 2. The van der Waals surface area contributed by atoms with Crippen LogP contribution in [0.1, 0.15) is 25.7 Å². The zero-order valence-electron chi connectivity index (χ0n) is 9.17. The molecule has 1 saturated carbocycles. The average Bonchev–Trinajstić information content (AvgIpc) is 2.30. The van der Waals surface area contributed by atoms with Gasteiger partial charge < -0.3 is 10.1 Å². The molecule has 1 N–H and O–H groups in total. The molecule has 82 valence electrons. The molecule has 0 spiro atoms. The summed E-state index contributed by atoms with van der Waals surface area (Å²) in [4.78, 5) is 2.62. The number of ether oxygens (including phenoxy) is 1. The maximum absolute atomic E-state index is 5.39. The Bertz CT molecular complexity index is 169. The monoisotopic (exact) mass is 198 g/mol. The lowest BCUT2D eigenvalue weighted by molar-refractivity contribution is 0.00574. The SMILES string of the molecule is CN[C@H]1CCC[C@@H](N2CCOCC2)C1. The molecule has 3 heteroatoms. The Balaban J connectivity index is 1.83. The zero-order valence-corrected chi connectivity index (χ0v) is 9.17. The largest absolute Gasteiger partial charge is 0.379 e. The van der Waals surface area contributed by atoms with E-state index >= 15 is 0 Å². The van der Waals surface area contributed by atoms with Gasteiger partial charge in [0.2, 0.25) is 0 Å². The topological polar surface area (TPSA) is 24.5 Å². The summed E-state index contributed by atoms with van der Waals surface area (Å²) in [5.74, 6) is 0. The molecule has 0 aromatic rings. The highest BCUT2D eigenvalue weighted by molar-refractivity contribution is 4.84. The quantitative estimate of drug-likeness (QED) is 0.712. The second-order valence-corrected chi connectivity index (χ2v) is 4.45. The average molecular weight is 198 g/mol. The summed E-state index contributed by atoms with van der Waals surface area (Å²) in [5.41, 5.74) is 0. The van der Waals surface area contributed by atoms with Gasteiger partial charge in [-0.05, 0) is 26.3 Å². The van der Waals surface area contributed by atoms with E-state index in [0.717, 1.165) is 38.4 Å². The Morgan fingerprint density at radius 1 is 1.21 bits per heavy atom. The van der Waals surface area contributed by atoms with Gasteiger partial charge in [-0.1, -0.05) is 6.42 Å². The molecule has 3 nitrogen and oxygen atoms in total. The van der Waals surface area contributed by atoms with Crippen LogP contribution in [0.25, 0.3) is 0 Å². The summed E-state index contributed by atoms with van der Waals surface area (Å²) in [5, 5.41) is 3.42. The third kappa shape index (κ3) is 2.47. The van der Waals surface area contributed by atoms with Gasteiger partial charge in [0, 0.05) is 25.2 Å². The Morgan fingerprint density at radius 3 is 2.71 bits per heavy atom. The molecular formula is C11H22N2O. The van der Waals surface area contributed by atoms with Gasteiger partial charge in [-0.15, -0.1) is 0 Å². The van der Waals surface area contributed by atoms with E-state index in [2.05, 4.69) is 17.3 Å². The van der Waals surface area contributed by atoms with Crippen LogP contribution in [0.15, 0.2) is 0 Å². The minimum absolute atomic E-state index is 0.747. The molecule has 1 aliphatic heterocycles. The van der Waals surface area contributed by atoms with Crippen molar-refractivity contribution in [2.24, 2.45) is 0 Å². The van der Waals surface area contributed by atoms with Crippen molar-refractivity contribution in [2.45, 2.75) is 37.8 Å². The standard InChI is InChI=1S/C11H22N2O/c1-12-10-3-2-4-11(9-10)13-5-7-14-8-6-13/h10-12H,2-9H2,1H3/t10-,11+/m0/s1. The molecule has 2 aliphatic rings. The minimum Gasteiger partial charge on any atom is -0.379 e. The predicted octanol–water partition coefficient (Wildman–Crippen LogP) is 0.849. The van der Waals surface area contributed by atoms with E-state index in [-0.39, 0.29) is 0 Å². The molecule has 1 saturated heterocycles. The van der Waals surface area contributed by atoms with E-state index in [4.69, 9.17) is 4.74 Å². The van der Waals surface area contributed by atoms with Crippen molar-refractivity contribution < 1.29 is 4.74 Å². The predicted molar refractivity (Wildman–Crippen MR) is 57.5 cm³/mol. The second-order valence-electron chi connectivity index (χ2n) is 4.45. The summed E-state index contributed by atoms with van der Waals surface area (Å²) in [6, 6.07) is 1.56. The number of hydrogen-bond acceptors (Lipinski definition) is 3. The Hall–Kier alpha value is -0.120. The fourth-order valence-corrected chi connectivity index (χ4v) is 2.70. The molecule has 1 aliphatic carbocycles. The van der Waals surface area contributed by atoms with E-state index in [9.17, 15) is 0 Å². The summed E-state index contributed by atoms with van der Waals surface area (Å²) >= 11 is 0. The number of hydrogen-bond donors (Lipinski definition) is 1. The van der Waals surface area contributed by atoms with Gasteiger partial charge in [0.05, 0.1) is 13.2 Å². The molecule has 14 heavy (non-hydrogen) atoms. The molecule has 0 amide bonds. The lowest BCUT2D eigenvalue weighted by atomic mass is 9.90. The van der Waals surface area contributed by atoms with Crippen LogP contribution in [0.4, 0.5) is 0 Å². The Morgan fingerprint density at radius 2 is 2.00 bits per heavy atom. The lowest BCUT2D eigenvalue weighted by Gasteiger charge is -2.39. The smallest absolute Gasteiger partial charge is 0.0594 e. The van der Waals surface area contributed by atoms with Crippen LogP contribution in [0, 0.1) is 0 Å².